The zero-order valence-electron chi connectivity index (χ0n) is 7.90. The highest BCUT2D eigenvalue weighted by molar-refractivity contribution is 5.25. The Morgan fingerprint density at radius 2 is 2.14 bits per heavy atom. The van der Waals surface area contributed by atoms with Crippen LogP contribution in [0.15, 0.2) is 35.2 Å². The van der Waals surface area contributed by atoms with Crippen molar-refractivity contribution >= 4 is 5.95 Å². The average molecular weight is 189 g/mol. The first-order valence-electron chi connectivity index (χ1n) is 4.39. The molecule has 0 fully saturated rings. The molecule has 2 aromatic heterocycles. The molecule has 2 rings (SSSR count). The van der Waals surface area contributed by atoms with Crippen molar-refractivity contribution in [3.05, 3.63) is 42.1 Å². The molecular weight excluding hydrogens is 178 g/mol. The molecule has 0 aliphatic heterocycles. The Balaban J connectivity index is 1.95. The van der Waals surface area contributed by atoms with Crippen LogP contribution in [0.2, 0.25) is 0 Å². The number of hydrogen-bond acceptors (Lipinski definition) is 4. The summed E-state index contributed by atoms with van der Waals surface area (Å²) >= 11 is 0. The fraction of sp³-hybridized carbons (Fsp3) is 0.200. The van der Waals surface area contributed by atoms with Crippen molar-refractivity contribution in [1.29, 1.82) is 0 Å². The van der Waals surface area contributed by atoms with Crippen molar-refractivity contribution < 1.29 is 4.42 Å². The van der Waals surface area contributed by atoms with E-state index in [-0.39, 0.29) is 0 Å². The van der Waals surface area contributed by atoms with Gasteiger partial charge < -0.3 is 9.73 Å². The summed E-state index contributed by atoms with van der Waals surface area (Å²) in [6.07, 6.45) is 5.20. The molecule has 0 bridgehead atoms. The maximum Gasteiger partial charge on any atom is 0.222 e. The molecule has 0 saturated carbocycles. The number of aryl methyl sites for hydroxylation is 1. The molecule has 72 valence electrons. The fourth-order valence-corrected chi connectivity index (χ4v) is 1.06. The highest BCUT2D eigenvalue weighted by Crippen LogP contribution is 2.04. The molecule has 0 atom stereocenters. The highest BCUT2D eigenvalue weighted by Gasteiger charge is 1.97. The lowest BCUT2D eigenvalue weighted by Gasteiger charge is -2.01. The zero-order chi connectivity index (χ0) is 9.80. The molecule has 0 amide bonds. The summed E-state index contributed by atoms with van der Waals surface area (Å²) in [4.78, 5) is 8.23. The number of nitrogens with zero attached hydrogens (tertiary/aromatic N) is 2. The molecule has 2 aromatic rings. The molecule has 0 unspecified atom stereocenters. The Morgan fingerprint density at radius 1 is 1.36 bits per heavy atom. The van der Waals surface area contributed by atoms with E-state index in [9.17, 15) is 0 Å². The Labute approximate surface area is 82.0 Å². The topological polar surface area (TPSA) is 51.0 Å². The molecule has 4 heteroatoms. The van der Waals surface area contributed by atoms with Crippen molar-refractivity contribution in [1.82, 2.24) is 9.97 Å². The summed E-state index contributed by atoms with van der Waals surface area (Å²) in [5.74, 6) is 1.49. The minimum atomic E-state index is 0.607. The Bertz CT molecular complexity index is 380. The van der Waals surface area contributed by atoms with Crippen LogP contribution in [0.25, 0.3) is 0 Å². The Kier molecular flexibility index (Phi) is 2.44. The second-order valence-corrected chi connectivity index (χ2v) is 3.02. The van der Waals surface area contributed by atoms with Crippen LogP contribution in [0.5, 0.6) is 0 Å². The highest BCUT2D eigenvalue weighted by atomic mass is 16.3. The Hall–Kier alpha value is -1.84. The number of nitrogens with one attached hydrogen (secondary N) is 1. The van der Waals surface area contributed by atoms with Gasteiger partial charge in [-0.1, -0.05) is 0 Å². The van der Waals surface area contributed by atoms with Gasteiger partial charge in [-0.15, -0.1) is 0 Å². The third kappa shape index (κ3) is 2.10. The van der Waals surface area contributed by atoms with E-state index < -0.39 is 0 Å². The molecule has 1 N–H and O–H groups in total. The van der Waals surface area contributed by atoms with E-state index in [4.69, 9.17) is 4.42 Å². The van der Waals surface area contributed by atoms with Gasteiger partial charge in [0.2, 0.25) is 5.95 Å². The third-order valence-corrected chi connectivity index (χ3v) is 1.78. The fourth-order valence-electron chi connectivity index (χ4n) is 1.06. The van der Waals surface area contributed by atoms with Crippen LogP contribution < -0.4 is 5.32 Å². The van der Waals surface area contributed by atoms with Gasteiger partial charge in [-0.25, -0.2) is 9.97 Å². The van der Waals surface area contributed by atoms with Crippen LogP contribution in [-0.4, -0.2) is 9.97 Å². The van der Waals surface area contributed by atoms with Gasteiger partial charge in [0.25, 0.3) is 0 Å². The predicted octanol–water partition coefficient (Wildman–Crippen LogP) is 1.99. The summed E-state index contributed by atoms with van der Waals surface area (Å²) in [5, 5.41) is 3.06. The van der Waals surface area contributed by atoms with E-state index in [0.29, 0.717) is 12.5 Å². The molecule has 14 heavy (non-hydrogen) atoms. The van der Waals surface area contributed by atoms with E-state index >= 15 is 0 Å². The van der Waals surface area contributed by atoms with Crippen LogP contribution in [0.4, 0.5) is 5.95 Å². The number of furan rings is 1. The molecular formula is C10H11N3O. The van der Waals surface area contributed by atoms with E-state index in [2.05, 4.69) is 15.3 Å². The van der Waals surface area contributed by atoms with Crippen LogP contribution in [0, 0.1) is 6.92 Å². The molecule has 0 spiro atoms. The minimum absolute atomic E-state index is 0.607. The molecule has 4 nitrogen and oxygen atoms in total. The maximum absolute atomic E-state index is 5.16. The monoisotopic (exact) mass is 189 g/mol. The minimum Gasteiger partial charge on any atom is -0.467 e. The lowest BCUT2D eigenvalue weighted by Crippen LogP contribution is -2.02. The molecule has 0 aliphatic rings. The van der Waals surface area contributed by atoms with E-state index in [1.807, 2.05) is 19.1 Å². The van der Waals surface area contributed by atoms with Crippen molar-refractivity contribution in [2.45, 2.75) is 13.5 Å². The first kappa shape index (κ1) is 8.74. The van der Waals surface area contributed by atoms with Gasteiger partial charge in [0, 0.05) is 12.4 Å². The molecule has 0 aliphatic carbocycles. The van der Waals surface area contributed by atoms with Crippen LogP contribution in [0.1, 0.15) is 11.3 Å². The standard InChI is InChI=1S/C10H11N3O/c1-8-5-11-10(12-6-8)13-7-9-3-2-4-14-9/h2-6H,7H2,1H3,(H,11,12,13). The number of hydrogen-bond donors (Lipinski definition) is 1. The van der Waals surface area contributed by atoms with Gasteiger partial charge in [0.05, 0.1) is 12.8 Å². The number of aromatic nitrogens is 2. The van der Waals surface area contributed by atoms with Crippen molar-refractivity contribution in [3.8, 4) is 0 Å². The van der Waals surface area contributed by atoms with Crippen LogP contribution >= 0.6 is 0 Å². The number of anilines is 1. The van der Waals surface area contributed by atoms with Gasteiger partial charge in [-0.2, -0.15) is 0 Å². The van der Waals surface area contributed by atoms with Gasteiger partial charge in [-0.3, -0.25) is 0 Å². The molecule has 0 aromatic carbocycles. The summed E-state index contributed by atoms with van der Waals surface area (Å²) in [6.45, 7) is 2.56. The second kappa shape index (κ2) is 3.91. The normalized spacial score (nSPS) is 10.1. The second-order valence-electron chi connectivity index (χ2n) is 3.02. The number of rotatable bonds is 3. The van der Waals surface area contributed by atoms with Gasteiger partial charge in [0.1, 0.15) is 5.76 Å². The summed E-state index contributed by atoms with van der Waals surface area (Å²) in [5.41, 5.74) is 1.05. The predicted molar refractivity (Wildman–Crippen MR) is 52.8 cm³/mol. The van der Waals surface area contributed by atoms with Crippen molar-refractivity contribution in [2.24, 2.45) is 0 Å². The van der Waals surface area contributed by atoms with Crippen molar-refractivity contribution in [3.63, 3.8) is 0 Å². The first-order valence-corrected chi connectivity index (χ1v) is 4.39. The third-order valence-electron chi connectivity index (χ3n) is 1.78. The van der Waals surface area contributed by atoms with Crippen LogP contribution in [-0.2, 0) is 6.54 Å². The van der Waals surface area contributed by atoms with Crippen molar-refractivity contribution in [2.75, 3.05) is 5.32 Å². The lowest BCUT2D eigenvalue weighted by molar-refractivity contribution is 0.517. The molecule has 2 heterocycles. The summed E-state index contributed by atoms with van der Waals surface area (Å²) in [6, 6.07) is 3.76. The Morgan fingerprint density at radius 3 is 2.79 bits per heavy atom. The first-order chi connectivity index (χ1) is 6.84. The van der Waals surface area contributed by atoms with Gasteiger partial charge in [0.15, 0.2) is 0 Å². The summed E-state index contributed by atoms with van der Waals surface area (Å²) < 4.78 is 5.16. The summed E-state index contributed by atoms with van der Waals surface area (Å²) in [7, 11) is 0. The molecule has 0 radical (unpaired) electrons. The largest absolute Gasteiger partial charge is 0.467 e. The smallest absolute Gasteiger partial charge is 0.222 e. The SMILES string of the molecule is Cc1cnc(NCc2ccco2)nc1. The van der Waals surface area contributed by atoms with Gasteiger partial charge >= 0.3 is 0 Å². The quantitative estimate of drug-likeness (QED) is 0.802. The maximum atomic E-state index is 5.16. The van der Waals surface area contributed by atoms with E-state index in [0.717, 1.165) is 11.3 Å². The van der Waals surface area contributed by atoms with Crippen LogP contribution in [0.3, 0.4) is 0 Å². The van der Waals surface area contributed by atoms with E-state index in [1.54, 1.807) is 18.7 Å². The zero-order valence-corrected chi connectivity index (χ0v) is 7.90. The average Bonchev–Trinajstić information content (AvgIpc) is 2.70. The molecule has 0 saturated heterocycles. The van der Waals surface area contributed by atoms with Gasteiger partial charge in [-0.05, 0) is 24.6 Å². The lowest BCUT2D eigenvalue weighted by atomic mass is 10.4. The van der Waals surface area contributed by atoms with E-state index in [1.165, 1.54) is 0 Å².